The number of hydrogen-bond acceptors (Lipinski definition) is 5. The van der Waals surface area contributed by atoms with Gasteiger partial charge in [-0.2, -0.15) is 0 Å². The maximum atomic E-state index is 12.2. The number of aromatic nitrogens is 1. The number of thiazole rings is 1. The van der Waals surface area contributed by atoms with Gasteiger partial charge in [0.25, 0.3) is 5.91 Å². The lowest BCUT2D eigenvalue weighted by Crippen LogP contribution is -2.35. The molecule has 0 aliphatic carbocycles. The maximum absolute atomic E-state index is 12.2. The Morgan fingerprint density at radius 1 is 1.17 bits per heavy atom. The van der Waals surface area contributed by atoms with Crippen molar-refractivity contribution < 1.29 is 4.79 Å². The highest BCUT2D eigenvalue weighted by atomic mass is 35.5. The molecule has 0 aliphatic rings. The summed E-state index contributed by atoms with van der Waals surface area (Å²) in [6.07, 6.45) is 0. The highest BCUT2D eigenvalue weighted by Crippen LogP contribution is 2.12. The fraction of sp³-hybridized carbons (Fsp3) is 0.333. The minimum atomic E-state index is -0.0626. The van der Waals surface area contributed by atoms with Crippen LogP contribution in [0.2, 0.25) is 0 Å². The summed E-state index contributed by atoms with van der Waals surface area (Å²) in [5.74, 6) is -0.0626. The lowest BCUT2D eigenvalue weighted by molar-refractivity contribution is 0.0793. The Bertz CT molecular complexity index is 594. The van der Waals surface area contributed by atoms with Crippen LogP contribution in [0.4, 0.5) is 5.69 Å². The molecule has 23 heavy (non-hydrogen) atoms. The quantitative estimate of drug-likeness (QED) is 0.841. The predicted molar refractivity (Wildman–Crippen MR) is 101 cm³/mol. The molecule has 0 saturated heterocycles. The van der Waals surface area contributed by atoms with Crippen LogP contribution in [0.3, 0.4) is 0 Å². The first-order valence-corrected chi connectivity index (χ1v) is 7.66. The first-order chi connectivity index (χ1) is 10.1. The Balaban J connectivity index is 0.00000242. The van der Waals surface area contributed by atoms with Crippen LogP contribution in [0.1, 0.15) is 15.5 Å². The van der Waals surface area contributed by atoms with E-state index in [1.807, 2.05) is 25.2 Å². The van der Waals surface area contributed by atoms with Crippen LogP contribution in [0.5, 0.6) is 0 Å². The monoisotopic (exact) mass is 376 g/mol. The highest BCUT2D eigenvalue weighted by Gasteiger charge is 2.15. The standard InChI is InChI=1S/C15H20N4OS.2ClH/c1-18(12-6-4-3-5-7-12)8-9-19(2)15(20)13-11-21-14(10-16)17-13;;/h3-7,11H,8-10,16H2,1-2H3;2*1H. The van der Waals surface area contributed by atoms with Crippen LogP contribution in [0.15, 0.2) is 35.7 Å². The SMILES string of the molecule is CN(CCN(C)c1ccccc1)C(=O)c1csc(CN)n1.Cl.Cl. The number of rotatable bonds is 6. The normalized spacial score (nSPS) is 9.52. The van der Waals surface area contributed by atoms with Crippen molar-refractivity contribution >= 4 is 47.7 Å². The summed E-state index contributed by atoms with van der Waals surface area (Å²) in [7, 11) is 3.81. The lowest BCUT2D eigenvalue weighted by Gasteiger charge is -2.23. The molecule has 1 heterocycles. The highest BCUT2D eigenvalue weighted by molar-refractivity contribution is 7.09. The zero-order valence-electron chi connectivity index (χ0n) is 13.1. The van der Waals surface area contributed by atoms with Gasteiger partial charge in [-0.05, 0) is 12.1 Å². The maximum Gasteiger partial charge on any atom is 0.273 e. The molecule has 1 aromatic heterocycles. The zero-order chi connectivity index (χ0) is 15.2. The number of amides is 1. The number of anilines is 1. The molecule has 1 aromatic carbocycles. The van der Waals surface area contributed by atoms with Crippen molar-refractivity contribution in [3.8, 4) is 0 Å². The van der Waals surface area contributed by atoms with Crippen molar-refractivity contribution in [3.05, 3.63) is 46.4 Å². The average Bonchev–Trinajstić information content (AvgIpc) is 3.01. The van der Waals surface area contributed by atoms with E-state index in [4.69, 9.17) is 5.73 Å². The molecular weight excluding hydrogens is 355 g/mol. The third-order valence-corrected chi connectivity index (χ3v) is 4.13. The van der Waals surface area contributed by atoms with Crippen molar-refractivity contribution in [3.63, 3.8) is 0 Å². The Morgan fingerprint density at radius 2 is 1.83 bits per heavy atom. The number of carbonyl (C=O) groups excluding carboxylic acids is 1. The molecule has 0 unspecified atom stereocenters. The van der Waals surface area contributed by atoms with Gasteiger partial charge in [0.2, 0.25) is 0 Å². The minimum absolute atomic E-state index is 0. The zero-order valence-corrected chi connectivity index (χ0v) is 15.6. The first kappa shape index (κ1) is 21.7. The molecule has 128 valence electrons. The fourth-order valence-electron chi connectivity index (χ4n) is 1.91. The number of nitrogens with two attached hydrogens (primary N) is 1. The number of likely N-dealkylation sites (N-methyl/N-ethyl adjacent to an activating group) is 2. The molecular formula is C15H22Cl2N4OS. The number of hydrogen-bond donors (Lipinski definition) is 1. The van der Waals surface area contributed by atoms with Gasteiger partial charge in [0, 0.05) is 44.8 Å². The van der Waals surface area contributed by atoms with Gasteiger partial charge in [0.1, 0.15) is 10.7 Å². The summed E-state index contributed by atoms with van der Waals surface area (Å²) in [6, 6.07) is 10.1. The molecule has 2 aromatic rings. The van der Waals surface area contributed by atoms with Gasteiger partial charge in [-0.25, -0.2) is 4.98 Å². The number of benzene rings is 1. The summed E-state index contributed by atoms with van der Waals surface area (Å²) in [4.78, 5) is 20.3. The third kappa shape index (κ3) is 5.99. The van der Waals surface area contributed by atoms with Crippen LogP contribution in [0, 0.1) is 0 Å². The largest absolute Gasteiger partial charge is 0.373 e. The predicted octanol–water partition coefficient (Wildman–Crippen LogP) is 2.65. The van der Waals surface area contributed by atoms with E-state index in [0.717, 1.165) is 17.2 Å². The van der Waals surface area contributed by atoms with Crippen molar-refractivity contribution in [2.45, 2.75) is 6.54 Å². The average molecular weight is 377 g/mol. The molecule has 5 nitrogen and oxygen atoms in total. The summed E-state index contributed by atoms with van der Waals surface area (Å²) >= 11 is 1.42. The van der Waals surface area contributed by atoms with Crippen LogP contribution < -0.4 is 10.6 Å². The van der Waals surface area contributed by atoms with Crippen LogP contribution in [-0.2, 0) is 6.54 Å². The van der Waals surface area contributed by atoms with Crippen molar-refractivity contribution in [1.82, 2.24) is 9.88 Å². The van der Waals surface area contributed by atoms with E-state index in [-0.39, 0.29) is 30.7 Å². The molecule has 0 aliphatic heterocycles. The van der Waals surface area contributed by atoms with Gasteiger partial charge < -0.3 is 15.5 Å². The second-order valence-corrected chi connectivity index (χ2v) is 5.76. The minimum Gasteiger partial charge on any atom is -0.373 e. The molecule has 0 spiro atoms. The second-order valence-electron chi connectivity index (χ2n) is 4.81. The molecule has 2 rings (SSSR count). The Kier molecular flexibility index (Phi) is 9.83. The smallest absolute Gasteiger partial charge is 0.273 e. The summed E-state index contributed by atoms with van der Waals surface area (Å²) < 4.78 is 0. The number of nitrogens with zero attached hydrogens (tertiary/aromatic N) is 3. The van der Waals surface area contributed by atoms with Gasteiger partial charge in [0.05, 0.1) is 0 Å². The second kappa shape index (κ2) is 10.4. The molecule has 1 amide bonds. The van der Waals surface area contributed by atoms with Crippen molar-refractivity contribution in [1.29, 1.82) is 0 Å². The van der Waals surface area contributed by atoms with Gasteiger partial charge >= 0.3 is 0 Å². The number of para-hydroxylation sites is 1. The van der Waals surface area contributed by atoms with Crippen molar-refractivity contribution in [2.75, 3.05) is 32.1 Å². The van der Waals surface area contributed by atoms with E-state index in [0.29, 0.717) is 18.8 Å². The third-order valence-electron chi connectivity index (χ3n) is 3.26. The van der Waals surface area contributed by atoms with Crippen LogP contribution in [0.25, 0.3) is 0 Å². The Hall–Kier alpha value is -1.34. The van der Waals surface area contributed by atoms with E-state index in [2.05, 4.69) is 22.0 Å². The molecule has 0 bridgehead atoms. The lowest BCUT2D eigenvalue weighted by atomic mass is 10.3. The van der Waals surface area contributed by atoms with Crippen molar-refractivity contribution in [2.24, 2.45) is 5.73 Å². The molecule has 0 fully saturated rings. The molecule has 0 atom stereocenters. The van der Waals surface area contributed by atoms with Gasteiger partial charge in [-0.1, -0.05) is 18.2 Å². The fourth-order valence-corrected chi connectivity index (χ4v) is 2.56. The molecule has 0 saturated carbocycles. The Morgan fingerprint density at radius 3 is 2.39 bits per heavy atom. The van der Waals surface area contributed by atoms with Crippen LogP contribution >= 0.6 is 36.2 Å². The Labute approximate surface area is 153 Å². The number of halogens is 2. The number of carbonyl (C=O) groups is 1. The van der Waals surface area contributed by atoms with Gasteiger partial charge in [-0.15, -0.1) is 36.2 Å². The first-order valence-electron chi connectivity index (χ1n) is 6.78. The van der Waals surface area contributed by atoms with E-state index in [1.54, 1.807) is 17.3 Å². The molecule has 0 radical (unpaired) electrons. The van der Waals surface area contributed by atoms with E-state index < -0.39 is 0 Å². The summed E-state index contributed by atoms with van der Waals surface area (Å²) in [6.45, 7) is 1.78. The van der Waals surface area contributed by atoms with E-state index >= 15 is 0 Å². The molecule has 2 N–H and O–H groups in total. The van der Waals surface area contributed by atoms with E-state index in [9.17, 15) is 4.79 Å². The van der Waals surface area contributed by atoms with Gasteiger partial charge in [0.15, 0.2) is 0 Å². The topological polar surface area (TPSA) is 62.5 Å². The summed E-state index contributed by atoms with van der Waals surface area (Å²) in [5, 5.41) is 2.55. The summed E-state index contributed by atoms with van der Waals surface area (Å²) in [5.41, 5.74) is 7.13. The molecule has 8 heteroatoms. The van der Waals surface area contributed by atoms with E-state index in [1.165, 1.54) is 11.3 Å². The van der Waals surface area contributed by atoms with Crippen LogP contribution in [-0.4, -0.2) is 43.0 Å². The van der Waals surface area contributed by atoms with Gasteiger partial charge in [-0.3, -0.25) is 4.79 Å².